The van der Waals surface area contributed by atoms with Crippen LogP contribution in [0.25, 0.3) is 0 Å². The van der Waals surface area contributed by atoms with Gasteiger partial charge in [0.1, 0.15) is 0 Å². The lowest BCUT2D eigenvalue weighted by atomic mass is 9.94. The molecule has 2 heterocycles. The predicted octanol–water partition coefficient (Wildman–Crippen LogP) is 5.62. The fourth-order valence-electron chi connectivity index (χ4n) is 3.97. The summed E-state index contributed by atoms with van der Waals surface area (Å²) in [7, 11) is 0. The van der Waals surface area contributed by atoms with E-state index in [4.69, 9.17) is 4.84 Å². The van der Waals surface area contributed by atoms with Crippen LogP contribution in [-0.4, -0.2) is 11.1 Å². The molecule has 0 amide bonds. The van der Waals surface area contributed by atoms with E-state index in [0.717, 1.165) is 29.1 Å². The number of nitrogens with zero attached hydrogens (tertiary/aromatic N) is 2. The molecule has 2 aliphatic heterocycles. The average molecular weight is 372 g/mol. The second kappa shape index (κ2) is 6.46. The van der Waals surface area contributed by atoms with Crippen LogP contribution in [0.3, 0.4) is 0 Å². The highest BCUT2D eigenvalue weighted by Crippen LogP contribution is 2.51. The summed E-state index contributed by atoms with van der Waals surface area (Å²) in [4.78, 5) is 9.86. The molecule has 0 aliphatic carbocycles. The number of fused-ring (bicyclic) bond motifs is 3. The molecule has 0 spiro atoms. The highest BCUT2D eigenvalue weighted by molar-refractivity contribution is 8.00. The van der Waals surface area contributed by atoms with Gasteiger partial charge in [-0.25, -0.2) is 0 Å². The molecule has 134 valence electrons. The summed E-state index contributed by atoms with van der Waals surface area (Å²) in [5.41, 5.74) is 2.70. The molecule has 2 atom stereocenters. The number of para-hydroxylation sites is 1. The summed E-state index contributed by atoms with van der Waals surface area (Å²) in [5.74, 6) is 0.863. The number of thioether (sulfide) groups is 1. The molecule has 27 heavy (non-hydrogen) atoms. The van der Waals surface area contributed by atoms with E-state index in [-0.39, 0.29) is 0 Å². The number of anilines is 1. The zero-order valence-electron chi connectivity index (χ0n) is 15.1. The van der Waals surface area contributed by atoms with Crippen LogP contribution >= 0.6 is 11.8 Å². The summed E-state index contributed by atoms with van der Waals surface area (Å²) < 4.78 is 0. The maximum atomic E-state index is 6.31. The van der Waals surface area contributed by atoms with Crippen molar-refractivity contribution in [1.29, 1.82) is 0 Å². The molecule has 5 rings (SSSR count). The number of amidine groups is 1. The van der Waals surface area contributed by atoms with Crippen LogP contribution < -0.4 is 4.90 Å². The molecule has 2 aliphatic rings. The number of rotatable bonds is 2. The molecule has 3 nitrogen and oxygen atoms in total. The second-order valence-electron chi connectivity index (χ2n) is 6.96. The molecule has 0 N–H and O–H groups in total. The van der Waals surface area contributed by atoms with Gasteiger partial charge in [0, 0.05) is 27.7 Å². The fourth-order valence-corrected chi connectivity index (χ4v) is 5.15. The van der Waals surface area contributed by atoms with Crippen LogP contribution in [0.2, 0.25) is 0 Å². The van der Waals surface area contributed by atoms with E-state index in [0.29, 0.717) is 5.25 Å². The van der Waals surface area contributed by atoms with Crippen molar-refractivity contribution in [2.24, 2.45) is 5.16 Å². The van der Waals surface area contributed by atoms with Crippen LogP contribution in [0.5, 0.6) is 0 Å². The van der Waals surface area contributed by atoms with Crippen LogP contribution in [0.1, 0.15) is 24.5 Å². The van der Waals surface area contributed by atoms with Gasteiger partial charge in [0.05, 0.1) is 5.69 Å². The van der Waals surface area contributed by atoms with Gasteiger partial charge in [-0.05, 0) is 12.1 Å². The van der Waals surface area contributed by atoms with Crippen LogP contribution in [0.15, 0.2) is 95.0 Å². The van der Waals surface area contributed by atoms with Gasteiger partial charge in [-0.2, -0.15) is 0 Å². The van der Waals surface area contributed by atoms with E-state index in [1.165, 1.54) is 4.90 Å². The third-order valence-electron chi connectivity index (χ3n) is 5.11. The van der Waals surface area contributed by atoms with E-state index in [1.54, 1.807) is 0 Å². The Morgan fingerprint density at radius 3 is 2.37 bits per heavy atom. The van der Waals surface area contributed by atoms with Crippen molar-refractivity contribution < 1.29 is 4.84 Å². The number of hydrogen-bond donors (Lipinski definition) is 0. The molecule has 0 saturated carbocycles. The molecule has 3 aromatic carbocycles. The quantitative estimate of drug-likeness (QED) is 0.583. The Morgan fingerprint density at radius 2 is 1.59 bits per heavy atom. The lowest BCUT2D eigenvalue weighted by molar-refractivity contribution is -0.0274. The topological polar surface area (TPSA) is 24.8 Å². The summed E-state index contributed by atoms with van der Waals surface area (Å²) in [6.45, 7) is 2.26. The van der Waals surface area contributed by atoms with Crippen LogP contribution in [0, 0.1) is 0 Å². The molecular formula is C23H20N2OS. The predicted molar refractivity (Wildman–Crippen MR) is 111 cm³/mol. The fraction of sp³-hybridized carbons (Fsp3) is 0.174. The van der Waals surface area contributed by atoms with Gasteiger partial charge in [0.25, 0.3) is 0 Å². The van der Waals surface area contributed by atoms with E-state index >= 15 is 0 Å². The maximum absolute atomic E-state index is 6.31. The Morgan fingerprint density at radius 1 is 0.926 bits per heavy atom. The van der Waals surface area contributed by atoms with Gasteiger partial charge in [-0.15, -0.1) is 11.8 Å². The number of benzene rings is 3. The van der Waals surface area contributed by atoms with Gasteiger partial charge in [0.2, 0.25) is 5.72 Å². The second-order valence-corrected chi connectivity index (χ2v) is 8.44. The summed E-state index contributed by atoms with van der Waals surface area (Å²) >= 11 is 1.90. The maximum Gasteiger partial charge on any atom is 0.242 e. The van der Waals surface area contributed by atoms with E-state index in [9.17, 15) is 0 Å². The first-order chi connectivity index (χ1) is 13.3. The van der Waals surface area contributed by atoms with Crippen LogP contribution in [0.4, 0.5) is 5.69 Å². The smallest absolute Gasteiger partial charge is 0.242 e. The largest absolute Gasteiger partial charge is 0.360 e. The molecule has 4 heteroatoms. The van der Waals surface area contributed by atoms with Crippen molar-refractivity contribution in [2.75, 3.05) is 4.90 Å². The average Bonchev–Trinajstić information content (AvgIpc) is 3.03. The standard InChI is InChI=1S/C23H20N2OS/c1-17-16-23(19-12-6-3-7-13-19)25(20-14-8-9-15-21(20)27-17)22(24-26-23)18-10-4-2-5-11-18/h2-15,17H,16H2,1H3/t17-,23-/m1/s1. The first-order valence-electron chi connectivity index (χ1n) is 9.21. The lowest BCUT2D eigenvalue weighted by Crippen LogP contribution is -2.47. The molecule has 0 fully saturated rings. The van der Waals surface area contributed by atoms with Crippen molar-refractivity contribution in [3.63, 3.8) is 0 Å². The van der Waals surface area contributed by atoms with Crippen molar-refractivity contribution in [1.82, 2.24) is 0 Å². The summed E-state index contributed by atoms with van der Waals surface area (Å²) in [6.07, 6.45) is 0.843. The highest BCUT2D eigenvalue weighted by Gasteiger charge is 2.51. The van der Waals surface area contributed by atoms with E-state index in [1.807, 2.05) is 36.0 Å². The number of hydrogen-bond acceptors (Lipinski definition) is 4. The number of oxime groups is 1. The van der Waals surface area contributed by atoms with Gasteiger partial charge < -0.3 is 4.84 Å². The third-order valence-corrected chi connectivity index (χ3v) is 6.28. The lowest BCUT2D eigenvalue weighted by Gasteiger charge is -2.37. The minimum absolute atomic E-state index is 0.390. The van der Waals surface area contributed by atoms with Gasteiger partial charge in [-0.1, -0.05) is 84.9 Å². The summed E-state index contributed by atoms with van der Waals surface area (Å²) in [6, 6.07) is 29.3. The van der Waals surface area contributed by atoms with Gasteiger partial charge >= 0.3 is 0 Å². The van der Waals surface area contributed by atoms with E-state index in [2.05, 4.69) is 77.6 Å². The molecular weight excluding hydrogens is 352 g/mol. The highest BCUT2D eigenvalue weighted by atomic mass is 32.2. The SMILES string of the molecule is C[C@@H]1C[C@]2(c3ccccc3)ON=C(c3ccccc3)N2c2ccccc2S1. The normalized spacial score (nSPS) is 23.7. The first-order valence-corrected chi connectivity index (χ1v) is 10.1. The Balaban J connectivity index is 1.75. The van der Waals surface area contributed by atoms with Crippen molar-refractivity contribution in [3.8, 4) is 0 Å². The molecule has 0 radical (unpaired) electrons. The molecule has 0 saturated heterocycles. The molecule has 0 aromatic heterocycles. The van der Waals surface area contributed by atoms with Crippen molar-refractivity contribution >= 4 is 23.3 Å². The zero-order chi connectivity index (χ0) is 18.3. The van der Waals surface area contributed by atoms with Crippen molar-refractivity contribution in [3.05, 3.63) is 96.1 Å². The Kier molecular flexibility index (Phi) is 3.94. The van der Waals surface area contributed by atoms with Crippen LogP contribution in [-0.2, 0) is 10.6 Å². The summed E-state index contributed by atoms with van der Waals surface area (Å²) in [5, 5.41) is 5.00. The van der Waals surface area contributed by atoms with E-state index < -0.39 is 5.72 Å². The Labute approximate surface area is 163 Å². The minimum Gasteiger partial charge on any atom is -0.360 e. The molecule has 3 aromatic rings. The van der Waals surface area contributed by atoms with Crippen molar-refractivity contribution in [2.45, 2.75) is 29.2 Å². The minimum atomic E-state index is -0.633. The zero-order valence-corrected chi connectivity index (χ0v) is 15.9. The first kappa shape index (κ1) is 16.5. The monoisotopic (exact) mass is 372 g/mol. The third kappa shape index (κ3) is 2.63. The Hall–Kier alpha value is -2.72. The van der Waals surface area contributed by atoms with Gasteiger partial charge in [0.15, 0.2) is 5.84 Å². The van der Waals surface area contributed by atoms with Gasteiger partial charge in [-0.3, -0.25) is 4.90 Å². The Bertz CT molecular complexity index is 990. The molecule has 0 bridgehead atoms. The molecule has 0 unspecified atom stereocenters.